The van der Waals surface area contributed by atoms with Crippen molar-refractivity contribution in [2.45, 2.75) is 13.0 Å². The fourth-order valence-electron chi connectivity index (χ4n) is 2.25. The minimum Gasteiger partial charge on any atom is -0.311 e. The average molecular weight is 247 g/mol. The Morgan fingerprint density at radius 2 is 2.06 bits per heavy atom. The van der Waals surface area contributed by atoms with Gasteiger partial charge in [-0.05, 0) is 38.7 Å². The van der Waals surface area contributed by atoms with Crippen molar-refractivity contribution in [1.29, 1.82) is 0 Å². The fraction of sp³-hybridized carbons (Fsp3) is 0.500. The average Bonchev–Trinajstić information content (AvgIpc) is 2.49. The molecule has 18 heavy (non-hydrogen) atoms. The number of nitrogens with zero attached hydrogens (tertiary/aromatic N) is 2. The Hall–Kier alpha value is -1.39. The summed E-state index contributed by atoms with van der Waals surface area (Å²) in [4.78, 5) is 16.2. The van der Waals surface area contributed by atoms with E-state index in [0.29, 0.717) is 6.54 Å². The lowest BCUT2D eigenvalue weighted by Gasteiger charge is -2.23. The maximum absolute atomic E-state index is 12.1. The number of para-hydroxylation sites is 1. The maximum atomic E-state index is 12.1. The highest BCUT2D eigenvalue weighted by atomic mass is 16.2. The van der Waals surface area contributed by atoms with Gasteiger partial charge in [0.1, 0.15) is 0 Å². The molecule has 1 heterocycles. The van der Waals surface area contributed by atoms with E-state index in [1.54, 1.807) is 0 Å². The largest absolute Gasteiger partial charge is 0.311 e. The van der Waals surface area contributed by atoms with Crippen molar-refractivity contribution in [1.82, 2.24) is 10.2 Å². The van der Waals surface area contributed by atoms with Crippen LogP contribution in [-0.4, -0.2) is 44.5 Å². The van der Waals surface area contributed by atoms with Crippen LogP contribution < -0.4 is 10.2 Å². The van der Waals surface area contributed by atoms with Crippen LogP contribution in [0, 0.1) is 0 Å². The lowest BCUT2D eigenvalue weighted by atomic mass is 10.1. The van der Waals surface area contributed by atoms with E-state index in [9.17, 15) is 4.79 Å². The molecule has 0 radical (unpaired) electrons. The molecule has 0 bridgehead atoms. The van der Waals surface area contributed by atoms with Crippen molar-refractivity contribution < 1.29 is 4.79 Å². The lowest BCUT2D eigenvalue weighted by Crippen LogP contribution is -2.37. The van der Waals surface area contributed by atoms with Gasteiger partial charge in [-0.15, -0.1) is 0 Å². The van der Waals surface area contributed by atoms with Crippen LogP contribution in [0.15, 0.2) is 24.3 Å². The summed E-state index contributed by atoms with van der Waals surface area (Å²) < 4.78 is 0. The zero-order chi connectivity index (χ0) is 13.0. The molecule has 0 saturated carbocycles. The van der Waals surface area contributed by atoms with E-state index in [1.807, 2.05) is 23.1 Å². The van der Waals surface area contributed by atoms with Crippen LogP contribution in [0.1, 0.15) is 12.0 Å². The summed E-state index contributed by atoms with van der Waals surface area (Å²) in [6.45, 7) is 2.98. The zero-order valence-electron chi connectivity index (χ0n) is 11.1. The first-order valence-corrected chi connectivity index (χ1v) is 6.42. The van der Waals surface area contributed by atoms with Gasteiger partial charge in [0.15, 0.2) is 0 Å². The molecule has 0 spiro atoms. The van der Waals surface area contributed by atoms with Crippen molar-refractivity contribution in [3.63, 3.8) is 0 Å². The van der Waals surface area contributed by atoms with Gasteiger partial charge in [0.05, 0.1) is 6.54 Å². The number of hydrogen-bond donors (Lipinski definition) is 1. The predicted octanol–water partition coefficient (Wildman–Crippen LogP) is 1.07. The minimum atomic E-state index is 0.165. The lowest BCUT2D eigenvalue weighted by molar-refractivity contribution is -0.117. The molecule has 4 heteroatoms. The van der Waals surface area contributed by atoms with Gasteiger partial charge in [-0.1, -0.05) is 18.2 Å². The van der Waals surface area contributed by atoms with Gasteiger partial charge < -0.3 is 15.1 Å². The molecule has 0 atom stereocenters. The van der Waals surface area contributed by atoms with Gasteiger partial charge in [0.25, 0.3) is 0 Å². The third kappa shape index (κ3) is 3.09. The van der Waals surface area contributed by atoms with Crippen molar-refractivity contribution in [2.75, 3.05) is 38.6 Å². The van der Waals surface area contributed by atoms with Crippen molar-refractivity contribution in [3.05, 3.63) is 29.8 Å². The number of carbonyl (C=O) groups is 1. The Labute approximate surface area is 109 Å². The summed E-state index contributed by atoms with van der Waals surface area (Å²) in [5, 5.41) is 3.18. The number of benzene rings is 1. The smallest absolute Gasteiger partial charge is 0.240 e. The Kier molecular flexibility index (Phi) is 4.33. The van der Waals surface area contributed by atoms with E-state index >= 15 is 0 Å². The van der Waals surface area contributed by atoms with Crippen LogP contribution in [0.25, 0.3) is 0 Å². The first-order valence-electron chi connectivity index (χ1n) is 6.42. The van der Waals surface area contributed by atoms with E-state index in [-0.39, 0.29) is 5.91 Å². The summed E-state index contributed by atoms with van der Waals surface area (Å²) in [7, 11) is 4.11. The van der Waals surface area contributed by atoms with Crippen molar-refractivity contribution in [2.24, 2.45) is 0 Å². The van der Waals surface area contributed by atoms with E-state index in [1.165, 1.54) is 5.56 Å². The molecule has 98 valence electrons. The molecule has 1 aromatic carbocycles. The highest BCUT2D eigenvalue weighted by molar-refractivity contribution is 5.96. The Morgan fingerprint density at radius 3 is 2.83 bits per heavy atom. The van der Waals surface area contributed by atoms with Crippen LogP contribution in [0.2, 0.25) is 0 Å². The molecule has 0 saturated heterocycles. The Bertz CT molecular complexity index is 417. The van der Waals surface area contributed by atoms with Gasteiger partial charge in [-0.3, -0.25) is 4.79 Å². The van der Waals surface area contributed by atoms with E-state index < -0.39 is 0 Å². The van der Waals surface area contributed by atoms with E-state index in [2.05, 4.69) is 30.4 Å². The first kappa shape index (κ1) is 13.1. The quantitative estimate of drug-likeness (QED) is 0.864. The van der Waals surface area contributed by atoms with Gasteiger partial charge in [-0.2, -0.15) is 0 Å². The van der Waals surface area contributed by atoms with Crippen LogP contribution >= 0.6 is 0 Å². The summed E-state index contributed by atoms with van der Waals surface area (Å²) in [5.41, 5.74) is 2.26. The van der Waals surface area contributed by atoms with E-state index in [0.717, 1.165) is 31.7 Å². The molecule has 0 fully saturated rings. The molecule has 1 aliphatic rings. The third-order valence-electron chi connectivity index (χ3n) is 3.16. The zero-order valence-corrected chi connectivity index (χ0v) is 11.1. The van der Waals surface area contributed by atoms with Gasteiger partial charge in [0.2, 0.25) is 5.91 Å². The standard InChI is InChI=1S/C14H21N3O/c1-16(2)8-5-9-17-13-7-4-3-6-12(13)10-15-11-14(17)18/h3-4,6-7,15H,5,8-11H2,1-2H3. The molecule has 1 N–H and O–H groups in total. The van der Waals surface area contributed by atoms with Crippen LogP contribution in [0.4, 0.5) is 5.69 Å². The number of anilines is 1. The second-order valence-electron chi connectivity index (χ2n) is 4.93. The number of hydrogen-bond acceptors (Lipinski definition) is 3. The highest BCUT2D eigenvalue weighted by Gasteiger charge is 2.20. The Balaban J connectivity index is 2.13. The first-order chi connectivity index (χ1) is 8.68. The summed E-state index contributed by atoms with van der Waals surface area (Å²) in [6.07, 6.45) is 0.993. The molecule has 1 aromatic rings. The highest BCUT2D eigenvalue weighted by Crippen LogP contribution is 2.22. The van der Waals surface area contributed by atoms with Crippen LogP contribution in [-0.2, 0) is 11.3 Å². The van der Waals surface area contributed by atoms with Gasteiger partial charge in [0, 0.05) is 18.8 Å². The monoisotopic (exact) mass is 247 g/mol. The Morgan fingerprint density at radius 1 is 1.28 bits per heavy atom. The number of amides is 1. The topological polar surface area (TPSA) is 35.6 Å². The molecule has 2 rings (SSSR count). The molecule has 4 nitrogen and oxygen atoms in total. The normalized spacial score (nSPS) is 15.7. The third-order valence-corrected chi connectivity index (χ3v) is 3.16. The molecular weight excluding hydrogens is 226 g/mol. The van der Waals surface area contributed by atoms with Crippen molar-refractivity contribution >= 4 is 11.6 Å². The van der Waals surface area contributed by atoms with Gasteiger partial charge >= 0.3 is 0 Å². The number of carbonyl (C=O) groups excluding carboxylic acids is 1. The molecule has 0 aliphatic carbocycles. The van der Waals surface area contributed by atoms with Gasteiger partial charge in [-0.25, -0.2) is 0 Å². The van der Waals surface area contributed by atoms with Crippen molar-refractivity contribution in [3.8, 4) is 0 Å². The number of fused-ring (bicyclic) bond motifs is 1. The summed E-state index contributed by atoms with van der Waals surface area (Å²) in [6, 6.07) is 8.14. The second-order valence-corrected chi connectivity index (χ2v) is 4.93. The molecule has 1 amide bonds. The minimum absolute atomic E-state index is 0.165. The number of rotatable bonds is 4. The molecular formula is C14H21N3O. The molecule has 0 aromatic heterocycles. The maximum Gasteiger partial charge on any atom is 0.240 e. The van der Waals surface area contributed by atoms with Crippen LogP contribution in [0.3, 0.4) is 0 Å². The molecule has 1 aliphatic heterocycles. The predicted molar refractivity (Wildman–Crippen MR) is 73.7 cm³/mol. The second kappa shape index (κ2) is 5.98. The summed E-state index contributed by atoms with van der Waals surface area (Å²) in [5.74, 6) is 0.165. The number of nitrogens with one attached hydrogen (secondary N) is 1. The SMILES string of the molecule is CN(C)CCCN1C(=O)CNCc2ccccc21. The molecule has 0 unspecified atom stereocenters. The fourth-order valence-corrected chi connectivity index (χ4v) is 2.25. The summed E-state index contributed by atoms with van der Waals surface area (Å²) >= 11 is 0. The van der Waals surface area contributed by atoms with Crippen LogP contribution in [0.5, 0.6) is 0 Å². The van der Waals surface area contributed by atoms with E-state index in [4.69, 9.17) is 0 Å².